The molecule has 0 saturated heterocycles. The van der Waals surface area contributed by atoms with Crippen molar-refractivity contribution in [3.8, 4) is 0 Å². The molecule has 1 rings (SSSR count). The van der Waals surface area contributed by atoms with Crippen LogP contribution in [0.5, 0.6) is 0 Å². The van der Waals surface area contributed by atoms with Gasteiger partial charge in [0.25, 0.3) is 0 Å². The molecule has 0 amide bonds. The van der Waals surface area contributed by atoms with Gasteiger partial charge in [-0.15, -0.1) is 0 Å². The molecule has 0 N–H and O–H groups in total. The summed E-state index contributed by atoms with van der Waals surface area (Å²) >= 11 is 0. The molecule has 1 aromatic carbocycles. The average molecular weight is 291 g/mol. The first kappa shape index (κ1) is 15.0. The van der Waals surface area contributed by atoms with Crippen molar-refractivity contribution in [2.24, 2.45) is 0 Å². The molecule has 0 aliphatic heterocycles. The molecule has 0 atom stereocenters. The average Bonchev–Trinajstić information content (AvgIpc) is 2.13. The van der Waals surface area contributed by atoms with Crippen LogP contribution < -0.4 is 3.71 Å². The SMILES string of the molecule is CC(C)c1cccc(N(S(C)(=O)=O)S(C)(=O)=O)c1. The predicted molar refractivity (Wildman–Crippen MR) is 72.7 cm³/mol. The van der Waals surface area contributed by atoms with Gasteiger partial charge in [-0.05, 0) is 23.6 Å². The van der Waals surface area contributed by atoms with E-state index < -0.39 is 20.0 Å². The van der Waals surface area contributed by atoms with Crippen LogP contribution in [0, 0.1) is 0 Å². The number of hydrogen-bond donors (Lipinski definition) is 0. The Morgan fingerprint density at radius 3 is 1.89 bits per heavy atom. The minimum Gasteiger partial charge on any atom is -0.206 e. The van der Waals surface area contributed by atoms with Gasteiger partial charge in [0.05, 0.1) is 18.2 Å². The van der Waals surface area contributed by atoms with E-state index >= 15 is 0 Å². The molecule has 0 aromatic heterocycles. The molecule has 0 saturated carbocycles. The molecule has 0 bridgehead atoms. The van der Waals surface area contributed by atoms with Crippen molar-refractivity contribution >= 4 is 25.7 Å². The quantitative estimate of drug-likeness (QED) is 0.843. The molecule has 0 spiro atoms. The third-order valence-corrected chi connectivity index (χ3v) is 5.60. The van der Waals surface area contributed by atoms with E-state index in [1.54, 1.807) is 12.1 Å². The fourth-order valence-electron chi connectivity index (χ4n) is 1.63. The lowest BCUT2D eigenvalue weighted by Gasteiger charge is -2.20. The van der Waals surface area contributed by atoms with Crippen molar-refractivity contribution in [3.05, 3.63) is 29.8 Å². The number of rotatable bonds is 4. The fourth-order valence-corrected chi connectivity index (χ4v) is 4.59. The number of benzene rings is 1. The van der Waals surface area contributed by atoms with Crippen LogP contribution in [0.15, 0.2) is 24.3 Å². The van der Waals surface area contributed by atoms with Crippen molar-refractivity contribution in [3.63, 3.8) is 0 Å². The zero-order valence-corrected chi connectivity index (χ0v) is 12.4. The topological polar surface area (TPSA) is 71.5 Å². The van der Waals surface area contributed by atoms with E-state index in [-0.39, 0.29) is 11.6 Å². The number of nitrogens with zero attached hydrogens (tertiary/aromatic N) is 1. The second-order valence-corrected chi connectivity index (χ2v) is 8.37. The first-order valence-corrected chi connectivity index (χ1v) is 9.03. The zero-order valence-electron chi connectivity index (χ0n) is 10.8. The molecule has 1 aromatic rings. The Bertz CT molecular complexity index is 601. The van der Waals surface area contributed by atoms with Crippen LogP contribution in [0.1, 0.15) is 25.3 Å². The van der Waals surface area contributed by atoms with Gasteiger partial charge in [-0.1, -0.05) is 26.0 Å². The van der Waals surface area contributed by atoms with Crippen molar-refractivity contribution in [2.45, 2.75) is 19.8 Å². The number of anilines is 1. The van der Waals surface area contributed by atoms with E-state index in [0.29, 0.717) is 3.71 Å². The maximum Gasteiger partial charge on any atom is 0.245 e. The third-order valence-electron chi connectivity index (χ3n) is 2.35. The van der Waals surface area contributed by atoms with Crippen LogP contribution in [0.25, 0.3) is 0 Å². The van der Waals surface area contributed by atoms with Gasteiger partial charge in [0, 0.05) is 0 Å². The molecular formula is C11H17NO4S2. The highest BCUT2D eigenvalue weighted by atomic mass is 32.3. The minimum atomic E-state index is -3.87. The summed E-state index contributed by atoms with van der Waals surface area (Å²) in [5, 5.41) is 0. The van der Waals surface area contributed by atoms with Gasteiger partial charge < -0.3 is 0 Å². The van der Waals surface area contributed by atoms with Crippen LogP contribution in [0.4, 0.5) is 5.69 Å². The number of hydrogen-bond acceptors (Lipinski definition) is 4. The van der Waals surface area contributed by atoms with E-state index in [4.69, 9.17) is 0 Å². The van der Waals surface area contributed by atoms with Crippen LogP contribution in [-0.2, 0) is 20.0 Å². The summed E-state index contributed by atoms with van der Waals surface area (Å²) < 4.78 is 46.9. The van der Waals surface area contributed by atoms with E-state index in [1.165, 1.54) is 6.07 Å². The highest BCUT2D eigenvalue weighted by molar-refractivity contribution is 8.09. The van der Waals surface area contributed by atoms with Crippen LogP contribution >= 0.6 is 0 Å². The summed E-state index contributed by atoms with van der Waals surface area (Å²) in [4.78, 5) is 0. The van der Waals surface area contributed by atoms with Crippen LogP contribution in [0.2, 0.25) is 0 Å². The molecule has 0 aliphatic carbocycles. The smallest absolute Gasteiger partial charge is 0.206 e. The molecule has 0 aliphatic rings. The second kappa shape index (κ2) is 4.89. The molecule has 0 heterocycles. The summed E-state index contributed by atoms with van der Waals surface area (Å²) in [7, 11) is -7.75. The largest absolute Gasteiger partial charge is 0.245 e. The zero-order chi connectivity index (χ0) is 14.1. The van der Waals surface area contributed by atoms with E-state index in [9.17, 15) is 16.8 Å². The van der Waals surface area contributed by atoms with Gasteiger partial charge in [-0.3, -0.25) is 0 Å². The minimum absolute atomic E-state index is 0.145. The van der Waals surface area contributed by atoms with Crippen molar-refractivity contribution in [2.75, 3.05) is 16.2 Å². The molecule has 5 nitrogen and oxygen atoms in total. The van der Waals surface area contributed by atoms with E-state index in [1.807, 2.05) is 19.9 Å². The highest BCUT2D eigenvalue weighted by Crippen LogP contribution is 2.25. The first-order valence-electron chi connectivity index (χ1n) is 5.34. The first-order chi connectivity index (χ1) is 8.03. The molecule has 18 heavy (non-hydrogen) atoms. The van der Waals surface area contributed by atoms with E-state index in [2.05, 4.69) is 0 Å². The molecule has 102 valence electrons. The Balaban J connectivity index is 3.46. The Morgan fingerprint density at radius 2 is 1.50 bits per heavy atom. The Kier molecular flexibility index (Phi) is 4.07. The Hall–Kier alpha value is -1.08. The normalized spacial score (nSPS) is 12.7. The maximum absolute atomic E-state index is 11.6. The fraction of sp³-hybridized carbons (Fsp3) is 0.455. The summed E-state index contributed by atoms with van der Waals surface area (Å²) in [6, 6.07) is 6.52. The van der Waals surface area contributed by atoms with Crippen molar-refractivity contribution < 1.29 is 16.8 Å². The molecular weight excluding hydrogens is 274 g/mol. The van der Waals surface area contributed by atoms with Gasteiger partial charge in [0.15, 0.2) is 0 Å². The Morgan fingerprint density at radius 1 is 1.00 bits per heavy atom. The van der Waals surface area contributed by atoms with Gasteiger partial charge in [-0.2, -0.15) is 3.71 Å². The van der Waals surface area contributed by atoms with Gasteiger partial charge in [0.2, 0.25) is 20.0 Å². The van der Waals surface area contributed by atoms with Gasteiger partial charge in [0.1, 0.15) is 0 Å². The summed E-state index contributed by atoms with van der Waals surface area (Å²) in [5.74, 6) is 0.186. The lowest BCUT2D eigenvalue weighted by molar-refractivity contribution is 0.590. The van der Waals surface area contributed by atoms with Gasteiger partial charge >= 0.3 is 0 Å². The van der Waals surface area contributed by atoms with Crippen molar-refractivity contribution in [1.82, 2.24) is 0 Å². The molecule has 0 unspecified atom stereocenters. The second-order valence-electron chi connectivity index (χ2n) is 4.47. The predicted octanol–water partition coefficient (Wildman–Crippen LogP) is 1.54. The molecule has 7 heteroatoms. The van der Waals surface area contributed by atoms with E-state index in [0.717, 1.165) is 18.1 Å². The maximum atomic E-state index is 11.6. The highest BCUT2D eigenvalue weighted by Gasteiger charge is 2.27. The molecule has 0 fully saturated rings. The monoisotopic (exact) mass is 291 g/mol. The standard InChI is InChI=1S/C11H17NO4S2/c1-9(2)10-6-5-7-11(8-10)12(17(3,13)14)18(4,15)16/h5-9H,1-4H3. The van der Waals surface area contributed by atoms with Crippen molar-refractivity contribution in [1.29, 1.82) is 0 Å². The number of sulfonamides is 2. The van der Waals surface area contributed by atoms with Crippen LogP contribution in [-0.4, -0.2) is 29.3 Å². The lowest BCUT2D eigenvalue weighted by Crippen LogP contribution is -2.35. The third kappa shape index (κ3) is 3.46. The van der Waals surface area contributed by atoms with Gasteiger partial charge in [-0.25, -0.2) is 16.8 Å². The Labute approximate surface area is 109 Å². The summed E-state index contributed by atoms with van der Waals surface area (Å²) in [6.45, 7) is 3.90. The summed E-state index contributed by atoms with van der Waals surface area (Å²) in [5.41, 5.74) is 1.02. The summed E-state index contributed by atoms with van der Waals surface area (Å²) in [6.07, 6.45) is 1.74. The lowest BCUT2D eigenvalue weighted by atomic mass is 10.0. The molecule has 0 radical (unpaired) electrons. The van der Waals surface area contributed by atoms with Crippen LogP contribution in [0.3, 0.4) is 0 Å².